The minimum absolute atomic E-state index is 0.0497. The van der Waals surface area contributed by atoms with Crippen molar-refractivity contribution in [3.05, 3.63) is 50.7 Å². The van der Waals surface area contributed by atoms with Gasteiger partial charge in [0.2, 0.25) is 0 Å². The van der Waals surface area contributed by atoms with Crippen molar-refractivity contribution < 1.29 is 18.0 Å². The summed E-state index contributed by atoms with van der Waals surface area (Å²) in [4.78, 5) is 28.7. The number of carbonyl (C=O) groups is 1. The number of hydrogen-bond donors (Lipinski definition) is 0. The van der Waals surface area contributed by atoms with Gasteiger partial charge in [0.15, 0.2) is 0 Å². The first-order valence-electron chi connectivity index (χ1n) is 9.90. The van der Waals surface area contributed by atoms with Gasteiger partial charge in [-0.15, -0.1) is 22.7 Å². The lowest BCUT2D eigenvalue weighted by atomic mass is 9.96. The van der Waals surface area contributed by atoms with Gasteiger partial charge in [0.1, 0.15) is 0 Å². The maximum atomic E-state index is 12.8. The fraction of sp³-hybridized carbons (Fsp3) is 0.429. The maximum absolute atomic E-state index is 12.8. The number of piperidine rings is 1. The fourth-order valence-electron chi connectivity index (χ4n) is 3.67. The third-order valence-corrected chi connectivity index (χ3v) is 7.28. The normalized spacial score (nSPS) is 15.5. The Bertz CT molecular complexity index is 1070. The van der Waals surface area contributed by atoms with Gasteiger partial charge in [-0.05, 0) is 38.8 Å². The fourth-order valence-corrected chi connectivity index (χ4v) is 5.42. The van der Waals surface area contributed by atoms with Crippen LogP contribution in [0.4, 0.5) is 13.2 Å². The van der Waals surface area contributed by atoms with E-state index < -0.39 is 12.1 Å². The van der Waals surface area contributed by atoms with E-state index in [-0.39, 0.29) is 31.8 Å². The van der Waals surface area contributed by atoms with Crippen LogP contribution in [0.5, 0.6) is 0 Å². The van der Waals surface area contributed by atoms with Crippen LogP contribution in [-0.4, -0.2) is 45.0 Å². The summed E-state index contributed by atoms with van der Waals surface area (Å²) in [7, 11) is 0. The van der Waals surface area contributed by atoms with Gasteiger partial charge < -0.3 is 4.90 Å². The number of likely N-dealkylation sites (tertiary alicyclic amines) is 1. The molecule has 0 unspecified atom stereocenters. The van der Waals surface area contributed by atoms with Gasteiger partial charge in [-0.25, -0.2) is 9.97 Å². The molecule has 3 aromatic rings. The average Bonchev–Trinajstić information content (AvgIpc) is 3.33. The predicted molar refractivity (Wildman–Crippen MR) is 114 cm³/mol. The Kier molecular flexibility index (Phi) is 6.11. The number of hydrogen-bond acceptors (Lipinski definition) is 6. The van der Waals surface area contributed by atoms with E-state index in [1.165, 1.54) is 11.1 Å². The zero-order valence-electron chi connectivity index (χ0n) is 17.1. The molecule has 4 heterocycles. The second-order valence-electron chi connectivity index (χ2n) is 7.60. The molecule has 1 aliphatic heterocycles. The third kappa shape index (κ3) is 4.95. The lowest BCUT2D eigenvalue weighted by molar-refractivity contribution is -0.183. The summed E-state index contributed by atoms with van der Waals surface area (Å²) < 4.78 is 38.4. The number of rotatable bonds is 4. The summed E-state index contributed by atoms with van der Waals surface area (Å²) >= 11 is 3.17. The second kappa shape index (κ2) is 8.66. The van der Waals surface area contributed by atoms with Crippen LogP contribution in [0, 0.1) is 19.8 Å². The van der Waals surface area contributed by atoms with Crippen molar-refractivity contribution in [2.75, 3.05) is 13.1 Å². The molecule has 0 saturated carbocycles. The topological polar surface area (TPSA) is 59.0 Å². The molecule has 1 fully saturated rings. The van der Waals surface area contributed by atoms with Crippen LogP contribution in [0.3, 0.4) is 0 Å². The number of carbonyl (C=O) groups excluding carboxylic acids is 1. The summed E-state index contributed by atoms with van der Waals surface area (Å²) in [5, 5.41) is 3.94. The molecule has 0 aromatic carbocycles. The zero-order chi connectivity index (χ0) is 22.2. The molecule has 31 heavy (non-hydrogen) atoms. The van der Waals surface area contributed by atoms with Gasteiger partial charge in [0, 0.05) is 36.8 Å². The van der Waals surface area contributed by atoms with Crippen LogP contribution in [0.1, 0.15) is 44.6 Å². The van der Waals surface area contributed by atoms with Crippen LogP contribution in [0.15, 0.2) is 23.7 Å². The van der Waals surface area contributed by atoms with Crippen LogP contribution < -0.4 is 0 Å². The molecule has 4 rings (SSSR count). The molecule has 0 atom stereocenters. The lowest BCUT2D eigenvalue weighted by Gasteiger charge is -2.32. The van der Waals surface area contributed by atoms with E-state index >= 15 is 0 Å². The maximum Gasteiger partial charge on any atom is 0.391 e. The van der Waals surface area contributed by atoms with Crippen molar-refractivity contribution in [2.45, 2.75) is 39.3 Å². The molecule has 164 valence electrons. The first-order valence-corrected chi connectivity index (χ1v) is 11.6. The van der Waals surface area contributed by atoms with E-state index in [4.69, 9.17) is 0 Å². The Morgan fingerprint density at radius 1 is 1.19 bits per heavy atom. The van der Waals surface area contributed by atoms with Crippen molar-refractivity contribution >= 4 is 28.6 Å². The highest BCUT2D eigenvalue weighted by atomic mass is 32.1. The number of thiazole rings is 2. The molecule has 0 spiro atoms. The monoisotopic (exact) mass is 466 g/mol. The third-order valence-electron chi connectivity index (χ3n) is 5.34. The summed E-state index contributed by atoms with van der Waals surface area (Å²) in [5.41, 5.74) is 3.06. The van der Waals surface area contributed by atoms with Crippen molar-refractivity contribution in [1.29, 1.82) is 0 Å². The minimum atomic E-state index is -4.19. The van der Waals surface area contributed by atoms with Gasteiger partial charge in [0.25, 0.3) is 5.91 Å². The molecule has 1 saturated heterocycles. The summed E-state index contributed by atoms with van der Waals surface area (Å²) in [5.74, 6) is -1.59. The number of nitrogens with zero attached hydrogens (tertiary/aromatic N) is 4. The Morgan fingerprint density at radius 2 is 1.94 bits per heavy atom. The molecular weight excluding hydrogens is 445 g/mol. The van der Waals surface area contributed by atoms with Crippen molar-refractivity contribution in [3.8, 4) is 10.6 Å². The second-order valence-corrected chi connectivity index (χ2v) is 9.74. The largest absolute Gasteiger partial charge is 0.391 e. The lowest BCUT2D eigenvalue weighted by Crippen LogP contribution is -2.42. The average molecular weight is 467 g/mol. The van der Waals surface area contributed by atoms with E-state index in [0.29, 0.717) is 12.0 Å². The summed E-state index contributed by atoms with van der Waals surface area (Å²) in [6.07, 6.45) is -2.24. The molecule has 1 amide bonds. The molecule has 1 aliphatic rings. The van der Waals surface area contributed by atoms with E-state index in [9.17, 15) is 18.0 Å². The Hall–Kier alpha value is -2.33. The summed E-state index contributed by atoms with van der Waals surface area (Å²) in [6, 6.07) is 3.46. The molecule has 5 nitrogen and oxygen atoms in total. The summed E-state index contributed by atoms with van der Waals surface area (Å²) in [6.45, 7) is 4.17. The van der Waals surface area contributed by atoms with Crippen LogP contribution in [0.2, 0.25) is 0 Å². The number of aryl methyl sites for hydroxylation is 2. The van der Waals surface area contributed by atoms with Gasteiger partial charge in [0.05, 0.1) is 37.8 Å². The Balaban J connectivity index is 1.38. The van der Waals surface area contributed by atoms with Crippen molar-refractivity contribution in [1.82, 2.24) is 19.9 Å². The number of amides is 1. The predicted octanol–water partition coefficient (Wildman–Crippen LogP) is 5.28. The minimum Gasteiger partial charge on any atom is -0.339 e. The quantitative estimate of drug-likeness (QED) is 0.525. The standard InChI is InChI=1S/C21H21F3N4OS2/c1-12-19(31-13(2)26-12)17-11-30-18(27-17)9-16-4-3-14(10-25-16)20(29)28-7-5-15(6-8-28)21(22,23)24/h3-4,10-11,15H,5-9H2,1-2H3. The molecular formula is C21H21F3N4OS2. The molecule has 10 heteroatoms. The Labute approximate surface area is 186 Å². The van der Waals surface area contributed by atoms with E-state index in [1.54, 1.807) is 34.8 Å². The van der Waals surface area contributed by atoms with E-state index in [1.807, 2.05) is 19.2 Å². The van der Waals surface area contributed by atoms with E-state index in [2.05, 4.69) is 15.0 Å². The first-order chi connectivity index (χ1) is 14.7. The highest BCUT2D eigenvalue weighted by molar-refractivity contribution is 7.15. The SMILES string of the molecule is Cc1nc(C)c(-c2csc(Cc3ccc(C(=O)N4CCC(C(F)(F)F)CC4)cn3)n2)s1. The Morgan fingerprint density at radius 3 is 2.52 bits per heavy atom. The van der Waals surface area contributed by atoms with Gasteiger partial charge in [-0.2, -0.15) is 13.2 Å². The number of aromatic nitrogens is 3. The van der Waals surface area contributed by atoms with Crippen LogP contribution >= 0.6 is 22.7 Å². The van der Waals surface area contributed by atoms with Gasteiger partial charge in [-0.1, -0.05) is 0 Å². The van der Waals surface area contributed by atoms with Gasteiger partial charge in [-0.3, -0.25) is 9.78 Å². The van der Waals surface area contributed by atoms with Crippen molar-refractivity contribution in [3.63, 3.8) is 0 Å². The van der Waals surface area contributed by atoms with Crippen molar-refractivity contribution in [2.24, 2.45) is 5.92 Å². The highest BCUT2D eigenvalue weighted by Gasteiger charge is 2.41. The van der Waals surface area contributed by atoms with Crippen LogP contribution in [0.25, 0.3) is 10.6 Å². The zero-order valence-corrected chi connectivity index (χ0v) is 18.7. The molecule has 0 radical (unpaired) electrons. The van der Waals surface area contributed by atoms with Gasteiger partial charge >= 0.3 is 6.18 Å². The smallest absolute Gasteiger partial charge is 0.339 e. The van der Waals surface area contributed by atoms with Crippen LogP contribution in [-0.2, 0) is 6.42 Å². The first kappa shape index (κ1) is 21.9. The van der Waals surface area contributed by atoms with E-state index in [0.717, 1.165) is 32.0 Å². The molecule has 3 aromatic heterocycles. The number of alkyl halides is 3. The number of halogens is 3. The highest BCUT2D eigenvalue weighted by Crippen LogP contribution is 2.34. The number of pyridine rings is 1. The molecule has 0 N–H and O–H groups in total. The molecule has 0 aliphatic carbocycles. The molecule has 0 bridgehead atoms.